The van der Waals surface area contributed by atoms with Crippen LogP contribution in [0.5, 0.6) is 5.75 Å². The predicted molar refractivity (Wildman–Crippen MR) is 120 cm³/mol. The molecule has 164 valence electrons. The van der Waals surface area contributed by atoms with E-state index in [1.807, 2.05) is 13.8 Å². The summed E-state index contributed by atoms with van der Waals surface area (Å²) in [4.78, 5) is 13.0. The molecule has 31 heavy (non-hydrogen) atoms. The number of hydrogen-bond acceptors (Lipinski definition) is 5. The molecule has 0 atom stereocenters. The second-order valence-corrected chi connectivity index (χ2v) is 9.09. The van der Waals surface area contributed by atoms with Crippen LogP contribution in [0.3, 0.4) is 0 Å². The van der Waals surface area contributed by atoms with Crippen LogP contribution in [0, 0.1) is 6.92 Å². The third-order valence-corrected chi connectivity index (χ3v) is 6.48. The van der Waals surface area contributed by atoms with Crippen molar-refractivity contribution < 1.29 is 17.9 Å². The number of nitrogens with one attached hydrogen (secondary N) is 1. The van der Waals surface area contributed by atoms with E-state index in [0.29, 0.717) is 18.0 Å². The van der Waals surface area contributed by atoms with Crippen LogP contribution in [0.15, 0.2) is 59.6 Å². The second kappa shape index (κ2) is 9.22. The van der Waals surface area contributed by atoms with E-state index in [1.54, 1.807) is 55.6 Å². The molecule has 0 spiro atoms. The Morgan fingerprint density at radius 1 is 1.13 bits per heavy atom. The Labute approximate surface area is 182 Å². The van der Waals surface area contributed by atoms with E-state index in [2.05, 4.69) is 10.4 Å². The van der Waals surface area contributed by atoms with E-state index in [4.69, 9.17) is 4.74 Å². The lowest BCUT2D eigenvalue weighted by atomic mass is 10.2. The summed E-state index contributed by atoms with van der Waals surface area (Å²) in [6, 6.07) is 13.5. The molecule has 3 rings (SSSR count). The van der Waals surface area contributed by atoms with Crippen LogP contribution in [-0.4, -0.2) is 37.8 Å². The molecule has 0 fully saturated rings. The van der Waals surface area contributed by atoms with E-state index < -0.39 is 15.9 Å². The highest BCUT2D eigenvalue weighted by Crippen LogP contribution is 2.26. The van der Waals surface area contributed by atoms with Crippen LogP contribution in [0.25, 0.3) is 0 Å². The van der Waals surface area contributed by atoms with Gasteiger partial charge in [0, 0.05) is 19.8 Å². The van der Waals surface area contributed by atoms with Crippen LogP contribution in [0.2, 0.25) is 0 Å². The van der Waals surface area contributed by atoms with Crippen molar-refractivity contribution in [3.63, 3.8) is 0 Å². The number of amides is 1. The van der Waals surface area contributed by atoms with Crippen molar-refractivity contribution in [2.75, 3.05) is 23.3 Å². The number of ether oxygens (including phenoxy) is 1. The zero-order chi connectivity index (χ0) is 22.6. The van der Waals surface area contributed by atoms with Gasteiger partial charge in [0.2, 0.25) is 0 Å². The highest BCUT2D eigenvalue weighted by molar-refractivity contribution is 7.92. The first-order valence-corrected chi connectivity index (χ1v) is 11.3. The third-order valence-electron chi connectivity index (χ3n) is 4.71. The second-order valence-electron chi connectivity index (χ2n) is 7.12. The van der Waals surface area contributed by atoms with E-state index in [1.165, 1.54) is 17.9 Å². The maximum Gasteiger partial charge on any atom is 0.265 e. The molecule has 8 nitrogen and oxygen atoms in total. The molecule has 0 saturated heterocycles. The molecule has 1 N–H and O–H groups in total. The van der Waals surface area contributed by atoms with Gasteiger partial charge in [-0.1, -0.05) is 24.6 Å². The topological polar surface area (TPSA) is 93.5 Å². The maximum absolute atomic E-state index is 13.1. The quantitative estimate of drug-likeness (QED) is 0.575. The van der Waals surface area contributed by atoms with Crippen molar-refractivity contribution in [1.29, 1.82) is 0 Å². The number of carbonyl (C=O) groups is 1. The first-order valence-electron chi connectivity index (χ1n) is 9.86. The minimum Gasteiger partial charge on any atom is -0.494 e. The van der Waals surface area contributed by atoms with Gasteiger partial charge in [-0.05, 0) is 49.7 Å². The normalized spacial score (nSPS) is 11.2. The lowest BCUT2D eigenvalue weighted by molar-refractivity contribution is 0.102. The minimum absolute atomic E-state index is 0.135. The summed E-state index contributed by atoms with van der Waals surface area (Å²) in [5.74, 6) is 0.420. The van der Waals surface area contributed by atoms with Crippen LogP contribution < -0.4 is 14.4 Å². The first kappa shape index (κ1) is 22.4. The molecule has 1 heterocycles. The van der Waals surface area contributed by atoms with Gasteiger partial charge in [0.15, 0.2) is 5.82 Å². The Balaban J connectivity index is 1.84. The fourth-order valence-corrected chi connectivity index (χ4v) is 4.24. The Morgan fingerprint density at radius 2 is 1.77 bits per heavy atom. The standard InChI is InChI=1S/C22H26N4O4S/c1-5-14-30-18-10-8-17(9-11-18)24-21(27)20-15-23-25(3)22(20)26(4)31(28,29)19-12-6-16(2)7-13-19/h6-13,15H,5,14H2,1-4H3,(H,24,27). The maximum atomic E-state index is 13.1. The molecule has 0 aliphatic rings. The molecule has 0 bridgehead atoms. The Kier molecular flexibility index (Phi) is 6.65. The lowest BCUT2D eigenvalue weighted by Gasteiger charge is -2.21. The molecule has 0 aliphatic heterocycles. The number of aromatic nitrogens is 2. The fraction of sp³-hybridized carbons (Fsp3) is 0.273. The summed E-state index contributed by atoms with van der Waals surface area (Å²) in [5, 5.41) is 6.88. The molecular formula is C22H26N4O4S. The summed E-state index contributed by atoms with van der Waals surface area (Å²) < 4.78 is 34.2. The van der Waals surface area contributed by atoms with Gasteiger partial charge >= 0.3 is 0 Å². The number of sulfonamides is 1. The van der Waals surface area contributed by atoms with Crippen molar-refractivity contribution in [1.82, 2.24) is 9.78 Å². The molecule has 3 aromatic rings. The Morgan fingerprint density at radius 3 is 2.39 bits per heavy atom. The van der Waals surface area contributed by atoms with E-state index >= 15 is 0 Å². The summed E-state index contributed by atoms with van der Waals surface area (Å²) in [7, 11) is -0.873. The number of nitrogens with zero attached hydrogens (tertiary/aromatic N) is 3. The third kappa shape index (κ3) is 4.88. The largest absolute Gasteiger partial charge is 0.494 e. The van der Waals surface area contributed by atoms with Crippen LogP contribution >= 0.6 is 0 Å². The van der Waals surface area contributed by atoms with Crippen LogP contribution in [0.4, 0.5) is 11.5 Å². The molecule has 1 amide bonds. The van der Waals surface area contributed by atoms with Gasteiger partial charge in [-0.2, -0.15) is 5.10 Å². The van der Waals surface area contributed by atoms with Crippen molar-refractivity contribution in [2.45, 2.75) is 25.2 Å². The molecule has 0 saturated carbocycles. The zero-order valence-electron chi connectivity index (χ0n) is 18.0. The molecular weight excluding hydrogens is 416 g/mol. The molecule has 1 aromatic heterocycles. The van der Waals surface area contributed by atoms with Gasteiger partial charge in [0.25, 0.3) is 15.9 Å². The number of carbonyl (C=O) groups excluding carboxylic acids is 1. The molecule has 0 aliphatic carbocycles. The summed E-state index contributed by atoms with van der Waals surface area (Å²) >= 11 is 0. The Hall–Kier alpha value is -3.33. The smallest absolute Gasteiger partial charge is 0.265 e. The van der Waals surface area contributed by atoms with E-state index in [9.17, 15) is 13.2 Å². The van der Waals surface area contributed by atoms with Gasteiger partial charge in [0.1, 0.15) is 11.3 Å². The molecule has 0 radical (unpaired) electrons. The summed E-state index contributed by atoms with van der Waals surface area (Å²) in [5.41, 5.74) is 1.66. The van der Waals surface area contributed by atoms with Gasteiger partial charge in [-0.25, -0.2) is 8.42 Å². The summed E-state index contributed by atoms with van der Waals surface area (Å²) in [6.45, 7) is 4.52. The van der Waals surface area contributed by atoms with Gasteiger partial charge in [-0.3, -0.25) is 13.8 Å². The monoisotopic (exact) mass is 442 g/mol. The summed E-state index contributed by atoms with van der Waals surface area (Å²) in [6.07, 6.45) is 2.26. The van der Waals surface area contributed by atoms with Gasteiger partial charge in [0.05, 0.1) is 17.7 Å². The number of rotatable bonds is 8. The molecule has 0 unspecified atom stereocenters. The first-order chi connectivity index (χ1) is 14.7. The van der Waals surface area contributed by atoms with E-state index in [-0.39, 0.29) is 16.3 Å². The fourth-order valence-electron chi connectivity index (χ4n) is 3.00. The molecule has 2 aromatic carbocycles. The number of aryl methyl sites for hydroxylation is 2. The SMILES string of the molecule is CCCOc1ccc(NC(=O)c2cnn(C)c2N(C)S(=O)(=O)c2ccc(C)cc2)cc1. The van der Waals surface area contributed by atoms with Gasteiger partial charge in [-0.15, -0.1) is 0 Å². The lowest BCUT2D eigenvalue weighted by Crippen LogP contribution is -2.30. The average molecular weight is 443 g/mol. The van der Waals surface area contributed by atoms with Crippen LogP contribution in [-0.2, 0) is 17.1 Å². The predicted octanol–water partition coefficient (Wildman–Crippen LogP) is 3.59. The van der Waals surface area contributed by atoms with Crippen molar-refractivity contribution in [2.24, 2.45) is 7.05 Å². The van der Waals surface area contributed by atoms with Crippen molar-refractivity contribution in [3.05, 3.63) is 65.9 Å². The highest BCUT2D eigenvalue weighted by atomic mass is 32.2. The van der Waals surface area contributed by atoms with Gasteiger partial charge < -0.3 is 10.1 Å². The number of benzene rings is 2. The van der Waals surface area contributed by atoms with E-state index in [0.717, 1.165) is 16.3 Å². The average Bonchev–Trinajstić information content (AvgIpc) is 3.14. The number of anilines is 2. The Bertz CT molecular complexity index is 1150. The van der Waals surface area contributed by atoms with Crippen LogP contribution in [0.1, 0.15) is 29.3 Å². The minimum atomic E-state index is -3.87. The zero-order valence-corrected chi connectivity index (χ0v) is 18.8. The van der Waals surface area contributed by atoms with Crippen molar-refractivity contribution >= 4 is 27.4 Å². The highest BCUT2D eigenvalue weighted by Gasteiger charge is 2.28. The number of hydrogen-bond donors (Lipinski definition) is 1. The molecule has 9 heteroatoms. The van der Waals surface area contributed by atoms with Crippen molar-refractivity contribution in [3.8, 4) is 5.75 Å².